The zero-order valence-corrected chi connectivity index (χ0v) is 9.58. The number of methoxy groups -OCH3 is 1. The number of sulfonamides is 1. The van der Waals surface area contributed by atoms with Gasteiger partial charge in [0.2, 0.25) is 10.0 Å². The molecule has 0 spiro atoms. The van der Waals surface area contributed by atoms with E-state index in [0.717, 1.165) is 4.31 Å². The molecule has 0 saturated heterocycles. The predicted octanol–water partition coefficient (Wildman–Crippen LogP) is 0.651. The number of ether oxygens (including phenoxy) is 1. The minimum atomic E-state index is -3.69. The molecule has 0 atom stereocenters. The first kappa shape index (κ1) is 11.8. The van der Waals surface area contributed by atoms with Crippen molar-refractivity contribution in [3.05, 3.63) is 18.2 Å². The Kier molecular flexibility index (Phi) is 3.21. The number of benzene rings is 1. The number of phenolic OH excluding ortho intramolecular Hbond substituents is 1. The summed E-state index contributed by atoms with van der Waals surface area (Å²) < 4.78 is 29.6. The highest BCUT2D eigenvalue weighted by atomic mass is 32.2. The van der Waals surface area contributed by atoms with Crippen LogP contribution in [0.5, 0.6) is 11.5 Å². The Morgan fingerprint density at radius 3 is 2.40 bits per heavy atom. The molecule has 1 aromatic carbocycles. The van der Waals surface area contributed by atoms with Crippen molar-refractivity contribution in [3.8, 4) is 11.5 Å². The zero-order valence-electron chi connectivity index (χ0n) is 8.76. The van der Waals surface area contributed by atoms with Gasteiger partial charge in [0.25, 0.3) is 0 Å². The summed E-state index contributed by atoms with van der Waals surface area (Å²) in [6.07, 6.45) is 0. The smallest absolute Gasteiger partial charge is 0.249 e. The molecule has 5 nitrogen and oxygen atoms in total. The van der Waals surface area contributed by atoms with Gasteiger partial charge in [-0.15, -0.1) is 0 Å². The van der Waals surface area contributed by atoms with E-state index in [2.05, 4.69) is 0 Å². The lowest BCUT2D eigenvalue weighted by Crippen LogP contribution is -2.22. The van der Waals surface area contributed by atoms with Crippen molar-refractivity contribution >= 4 is 10.0 Å². The van der Waals surface area contributed by atoms with Gasteiger partial charge in [0.05, 0.1) is 7.11 Å². The van der Waals surface area contributed by atoms with Gasteiger partial charge in [0, 0.05) is 14.1 Å². The van der Waals surface area contributed by atoms with Crippen LogP contribution in [0, 0.1) is 0 Å². The van der Waals surface area contributed by atoms with Gasteiger partial charge in [-0.25, -0.2) is 12.7 Å². The lowest BCUT2D eigenvalue weighted by molar-refractivity contribution is 0.385. The maximum atomic E-state index is 11.8. The highest BCUT2D eigenvalue weighted by Gasteiger charge is 2.25. The SMILES string of the molecule is COc1cccc(O)c1S(=O)(=O)N(C)C. The molecule has 0 fully saturated rings. The van der Waals surface area contributed by atoms with E-state index >= 15 is 0 Å². The Morgan fingerprint density at radius 2 is 1.93 bits per heavy atom. The second kappa shape index (κ2) is 4.08. The van der Waals surface area contributed by atoms with Crippen molar-refractivity contribution in [2.75, 3.05) is 21.2 Å². The first-order valence-electron chi connectivity index (χ1n) is 4.19. The number of hydrogen-bond donors (Lipinski definition) is 1. The fourth-order valence-electron chi connectivity index (χ4n) is 1.11. The number of nitrogens with zero attached hydrogens (tertiary/aromatic N) is 1. The highest BCUT2D eigenvalue weighted by Crippen LogP contribution is 2.33. The summed E-state index contributed by atoms with van der Waals surface area (Å²) >= 11 is 0. The van der Waals surface area contributed by atoms with E-state index in [1.165, 1.54) is 39.4 Å². The summed E-state index contributed by atoms with van der Waals surface area (Å²) in [6, 6.07) is 4.30. The monoisotopic (exact) mass is 231 g/mol. The third-order valence-electron chi connectivity index (χ3n) is 1.92. The Bertz CT molecular complexity index is 453. The van der Waals surface area contributed by atoms with Crippen LogP contribution in [0.2, 0.25) is 0 Å². The van der Waals surface area contributed by atoms with Crippen LogP contribution in [0.15, 0.2) is 23.1 Å². The first-order chi connectivity index (χ1) is 6.91. The van der Waals surface area contributed by atoms with Crippen LogP contribution in [0.1, 0.15) is 0 Å². The first-order valence-corrected chi connectivity index (χ1v) is 5.63. The molecular formula is C9H13NO4S. The Balaban J connectivity index is 3.49. The van der Waals surface area contributed by atoms with Crippen molar-refractivity contribution in [1.29, 1.82) is 0 Å². The van der Waals surface area contributed by atoms with Crippen molar-refractivity contribution in [2.45, 2.75) is 4.90 Å². The molecule has 1 N–H and O–H groups in total. The van der Waals surface area contributed by atoms with Crippen molar-refractivity contribution in [3.63, 3.8) is 0 Å². The molecule has 6 heteroatoms. The molecule has 0 heterocycles. The van der Waals surface area contributed by atoms with Gasteiger partial charge < -0.3 is 9.84 Å². The van der Waals surface area contributed by atoms with E-state index in [0.29, 0.717) is 0 Å². The molecule has 0 saturated carbocycles. The normalized spacial score (nSPS) is 11.7. The van der Waals surface area contributed by atoms with Crippen LogP contribution in [-0.2, 0) is 10.0 Å². The topological polar surface area (TPSA) is 66.8 Å². The lowest BCUT2D eigenvalue weighted by Gasteiger charge is -2.15. The Labute approximate surface area is 89.0 Å². The molecule has 1 rings (SSSR count). The molecule has 0 aliphatic carbocycles. The number of hydrogen-bond acceptors (Lipinski definition) is 4. The molecular weight excluding hydrogens is 218 g/mol. The van der Waals surface area contributed by atoms with Crippen molar-refractivity contribution in [1.82, 2.24) is 4.31 Å². The number of rotatable bonds is 3. The van der Waals surface area contributed by atoms with Gasteiger partial charge in [-0.3, -0.25) is 0 Å². The zero-order chi connectivity index (χ0) is 11.6. The molecule has 0 unspecified atom stereocenters. The Morgan fingerprint density at radius 1 is 1.33 bits per heavy atom. The second-order valence-corrected chi connectivity index (χ2v) is 5.18. The summed E-state index contributed by atoms with van der Waals surface area (Å²) in [6.45, 7) is 0. The van der Waals surface area contributed by atoms with Gasteiger partial charge in [-0.1, -0.05) is 6.07 Å². The predicted molar refractivity (Wildman–Crippen MR) is 55.5 cm³/mol. The van der Waals surface area contributed by atoms with E-state index in [1.807, 2.05) is 0 Å². The van der Waals surface area contributed by atoms with Crippen molar-refractivity contribution in [2.24, 2.45) is 0 Å². The summed E-state index contributed by atoms with van der Waals surface area (Å²) in [5.74, 6) is -0.188. The fraction of sp³-hybridized carbons (Fsp3) is 0.333. The minimum absolute atomic E-state index is 0.128. The van der Waals surface area contributed by atoms with Gasteiger partial charge in [0.1, 0.15) is 11.5 Å². The molecule has 15 heavy (non-hydrogen) atoms. The van der Waals surface area contributed by atoms with Gasteiger partial charge in [-0.2, -0.15) is 0 Å². The molecule has 0 aliphatic rings. The average Bonchev–Trinajstić information content (AvgIpc) is 2.16. The summed E-state index contributed by atoms with van der Waals surface area (Å²) in [7, 11) is 0.439. The van der Waals surface area contributed by atoms with Crippen LogP contribution >= 0.6 is 0 Å². The van der Waals surface area contributed by atoms with E-state index in [1.54, 1.807) is 0 Å². The maximum Gasteiger partial charge on any atom is 0.249 e. The van der Waals surface area contributed by atoms with Gasteiger partial charge in [-0.05, 0) is 12.1 Å². The highest BCUT2D eigenvalue weighted by molar-refractivity contribution is 7.89. The van der Waals surface area contributed by atoms with E-state index in [4.69, 9.17) is 4.74 Å². The van der Waals surface area contributed by atoms with E-state index < -0.39 is 10.0 Å². The number of phenols is 1. The van der Waals surface area contributed by atoms with Gasteiger partial charge in [0.15, 0.2) is 4.90 Å². The molecule has 84 valence electrons. The quantitative estimate of drug-likeness (QED) is 0.829. The molecule has 0 bridgehead atoms. The largest absolute Gasteiger partial charge is 0.506 e. The van der Waals surface area contributed by atoms with Gasteiger partial charge >= 0.3 is 0 Å². The molecule has 0 aromatic heterocycles. The Hall–Kier alpha value is -1.27. The molecule has 0 radical (unpaired) electrons. The van der Waals surface area contributed by atoms with E-state index in [9.17, 15) is 13.5 Å². The lowest BCUT2D eigenvalue weighted by atomic mass is 10.3. The van der Waals surface area contributed by atoms with Crippen LogP contribution in [0.4, 0.5) is 0 Å². The molecule has 1 aromatic rings. The summed E-state index contributed by atoms with van der Waals surface area (Å²) in [5, 5.41) is 9.52. The molecule has 0 aliphatic heterocycles. The standard InChI is InChI=1S/C9H13NO4S/c1-10(2)15(12,13)9-7(11)5-4-6-8(9)14-3/h4-6,11H,1-3H3. The van der Waals surface area contributed by atoms with Crippen LogP contribution in [0.25, 0.3) is 0 Å². The fourth-order valence-corrected chi connectivity index (χ4v) is 2.21. The number of aromatic hydroxyl groups is 1. The maximum absolute atomic E-state index is 11.8. The van der Waals surface area contributed by atoms with E-state index in [-0.39, 0.29) is 16.4 Å². The van der Waals surface area contributed by atoms with Crippen LogP contribution in [-0.4, -0.2) is 39.0 Å². The summed E-state index contributed by atoms with van der Waals surface area (Å²) in [4.78, 5) is -0.211. The average molecular weight is 231 g/mol. The minimum Gasteiger partial charge on any atom is -0.506 e. The second-order valence-electron chi connectivity index (χ2n) is 3.10. The third kappa shape index (κ3) is 2.05. The third-order valence-corrected chi connectivity index (χ3v) is 3.80. The summed E-state index contributed by atoms with van der Waals surface area (Å²) in [5.41, 5.74) is 0. The molecule has 0 amide bonds. The van der Waals surface area contributed by atoms with Crippen LogP contribution < -0.4 is 4.74 Å². The van der Waals surface area contributed by atoms with Crippen LogP contribution in [0.3, 0.4) is 0 Å². The van der Waals surface area contributed by atoms with Crippen molar-refractivity contribution < 1.29 is 18.3 Å².